The minimum absolute atomic E-state index is 0.0529. The summed E-state index contributed by atoms with van der Waals surface area (Å²) in [4.78, 5) is 19.1. The summed E-state index contributed by atoms with van der Waals surface area (Å²) in [6.07, 6.45) is 1.32. The maximum Gasteiger partial charge on any atom is 0.254 e. The number of likely N-dealkylation sites (tertiary alicyclic amines) is 1. The largest absolute Gasteiger partial charge is 0.389 e. The first-order valence-corrected chi connectivity index (χ1v) is 7.74. The molecule has 0 bridgehead atoms. The summed E-state index contributed by atoms with van der Waals surface area (Å²) < 4.78 is 1.85. The Bertz CT molecular complexity index is 714. The molecule has 1 fully saturated rings. The van der Waals surface area contributed by atoms with Crippen molar-refractivity contribution in [3.8, 4) is 0 Å². The number of pyridine rings is 1. The van der Waals surface area contributed by atoms with Crippen molar-refractivity contribution in [1.29, 1.82) is 0 Å². The molecule has 1 amide bonds. The fourth-order valence-electron chi connectivity index (χ4n) is 2.68. The molecule has 6 heteroatoms. The molecule has 2 aromatic rings. The van der Waals surface area contributed by atoms with E-state index >= 15 is 0 Å². The third-order valence-corrected chi connectivity index (χ3v) is 4.05. The highest BCUT2D eigenvalue weighted by Crippen LogP contribution is 2.26. The van der Waals surface area contributed by atoms with Crippen molar-refractivity contribution in [1.82, 2.24) is 19.7 Å². The van der Waals surface area contributed by atoms with Gasteiger partial charge in [-0.3, -0.25) is 4.79 Å². The van der Waals surface area contributed by atoms with Gasteiger partial charge in [-0.15, -0.1) is 0 Å². The summed E-state index contributed by atoms with van der Waals surface area (Å²) in [6.45, 7) is 9.01. The number of fused-ring (bicyclic) bond motifs is 1. The van der Waals surface area contributed by atoms with Crippen LogP contribution in [0.2, 0.25) is 0 Å². The van der Waals surface area contributed by atoms with E-state index in [0.717, 1.165) is 16.7 Å². The number of nitrogens with zero attached hydrogens (tertiary/aromatic N) is 4. The molecule has 1 N–H and O–H groups in total. The molecule has 0 radical (unpaired) electrons. The molecule has 2 aromatic heterocycles. The third kappa shape index (κ3) is 2.37. The first-order chi connectivity index (χ1) is 10.4. The predicted octanol–water partition coefficient (Wildman–Crippen LogP) is 1.95. The van der Waals surface area contributed by atoms with E-state index in [4.69, 9.17) is 4.98 Å². The van der Waals surface area contributed by atoms with Gasteiger partial charge in [-0.2, -0.15) is 5.10 Å². The Labute approximate surface area is 129 Å². The zero-order valence-electron chi connectivity index (χ0n) is 13.4. The molecule has 1 saturated heterocycles. The Balaban J connectivity index is 2.13. The molecule has 118 valence electrons. The Hall–Kier alpha value is -1.95. The SMILES string of the molecule is CC(C)c1cc(C(=O)N2CC(O)C2)c2cnn(C(C)C)c2n1. The molecule has 0 aliphatic carbocycles. The maximum atomic E-state index is 12.7. The summed E-state index contributed by atoms with van der Waals surface area (Å²) in [7, 11) is 0. The van der Waals surface area contributed by atoms with Crippen LogP contribution in [0, 0.1) is 0 Å². The topological polar surface area (TPSA) is 71.2 Å². The number of aliphatic hydroxyl groups excluding tert-OH is 1. The van der Waals surface area contributed by atoms with E-state index < -0.39 is 6.10 Å². The second-order valence-corrected chi connectivity index (χ2v) is 6.53. The van der Waals surface area contributed by atoms with Crippen molar-refractivity contribution in [2.75, 3.05) is 13.1 Å². The average Bonchev–Trinajstić information content (AvgIpc) is 2.85. The molecular formula is C16H22N4O2. The highest BCUT2D eigenvalue weighted by atomic mass is 16.3. The van der Waals surface area contributed by atoms with E-state index in [1.54, 1.807) is 11.1 Å². The van der Waals surface area contributed by atoms with Gasteiger partial charge in [0.25, 0.3) is 5.91 Å². The maximum absolute atomic E-state index is 12.7. The van der Waals surface area contributed by atoms with Crippen LogP contribution in [0.5, 0.6) is 0 Å². The zero-order valence-corrected chi connectivity index (χ0v) is 13.4. The molecular weight excluding hydrogens is 280 g/mol. The zero-order chi connectivity index (χ0) is 16.0. The Morgan fingerprint density at radius 2 is 2.00 bits per heavy atom. The number of β-amino-alcohol motifs (C(OH)–C–C–N with tert-alkyl or cyclic N) is 1. The van der Waals surface area contributed by atoms with Gasteiger partial charge < -0.3 is 10.0 Å². The second-order valence-electron chi connectivity index (χ2n) is 6.53. The molecule has 0 saturated carbocycles. The van der Waals surface area contributed by atoms with Crippen LogP contribution < -0.4 is 0 Å². The van der Waals surface area contributed by atoms with Gasteiger partial charge in [0.2, 0.25) is 0 Å². The van der Waals surface area contributed by atoms with Crippen LogP contribution in [0.4, 0.5) is 0 Å². The minimum Gasteiger partial charge on any atom is -0.389 e. The van der Waals surface area contributed by atoms with Crippen LogP contribution in [0.3, 0.4) is 0 Å². The number of rotatable bonds is 3. The first kappa shape index (κ1) is 15.0. The van der Waals surface area contributed by atoms with E-state index in [2.05, 4.69) is 18.9 Å². The molecule has 0 unspecified atom stereocenters. The lowest BCUT2D eigenvalue weighted by molar-refractivity contribution is 0.00601. The average molecular weight is 302 g/mol. The summed E-state index contributed by atoms with van der Waals surface area (Å²) in [5, 5.41) is 14.6. The van der Waals surface area contributed by atoms with Crippen LogP contribution in [0.25, 0.3) is 11.0 Å². The lowest BCUT2D eigenvalue weighted by atomic mass is 10.0. The summed E-state index contributed by atoms with van der Waals surface area (Å²) in [6, 6.07) is 2.05. The molecule has 1 aliphatic heterocycles. The first-order valence-electron chi connectivity index (χ1n) is 7.74. The number of aromatic nitrogens is 3. The van der Waals surface area contributed by atoms with Gasteiger partial charge in [-0.05, 0) is 25.8 Å². The molecule has 0 atom stereocenters. The molecule has 0 aromatic carbocycles. The number of carbonyl (C=O) groups excluding carboxylic acids is 1. The van der Waals surface area contributed by atoms with Crippen molar-refractivity contribution in [2.45, 2.75) is 45.8 Å². The third-order valence-electron chi connectivity index (χ3n) is 4.05. The van der Waals surface area contributed by atoms with Crippen LogP contribution in [0.15, 0.2) is 12.3 Å². The summed E-state index contributed by atoms with van der Waals surface area (Å²) >= 11 is 0. The molecule has 3 rings (SSSR count). The fraction of sp³-hybridized carbons (Fsp3) is 0.562. The molecule has 22 heavy (non-hydrogen) atoms. The Morgan fingerprint density at radius 3 is 2.55 bits per heavy atom. The van der Waals surface area contributed by atoms with Crippen molar-refractivity contribution < 1.29 is 9.90 Å². The van der Waals surface area contributed by atoms with Crippen LogP contribution in [0.1, 0.15) is 55.7 Å². The standard InChI is InChI=1S/C16H22N4O2/c1-9(2)14-5-12(16(22)19-7-11(21)8-19)13-6-17-20(10(3)4)15(13)18-14/h5-6,9-11,21H,7-8H2,1-4H3. The Kier molecular flexibility index (Phi) is 3.64. The van der Waals surface area contributed by atoms with Gasteiger partial charge >= 0.3 is 0 Å². The highest BCUT2D eigenvalue weighted by Gasteiger charge is 2.31. The number of aliphatic hydroxyl groups is 1. The normalized spacial score (nSPS) is 15.9. The van der Waals surface area contributed by atoms with Gasteiger partial charge in [0.1, 0.15) is 0 Å². The molecule has 0 spiro atoms. The Morgan fingerprint density at radius 1 is 1.32 bits per heavy atom. The van der Waals surface area contributed by atoms with Gasteiger partial charge in [-0.25, -0.2) is 9.67 Å². The predicted molar refractivity (Wildman–Crippen MR) is 83.9 cm³/mol. The number of carbonyl (C=O) groups is 1. The van der Waals surface area contributed by atoms with Gasteiger partial charge in [0, 0.05) is 24.8 Å². The van der Waals surface area contributed by atoms with E-state index in [9.17, 15) is 9.90 Å². The van der Waals surface area contributed by atoms with Crippen LogP contribution in [-0.4, -0.2) is 49.9 Å². The van der Waals surface area contributed by atoms with Crippen LogP contribution >= 0.6 is 0 Å². The number of hydrogen-bond acceptors (Lipinski definition) is 4. The minimum atomic E-state index is -0.399. The van der Waals surface area contributed by atoms with Crippen molar-refractivity contribution in [3.63, 3.8) is 0 Å². The smallest absolute Gasteiger partial charge is 0.254 e. The highest BCUT2D eigenvalue weighted by molar-refractivity contribution is 6.05. The quantitative estimate of drug-likeness (QED) is 0.940. The van der Waals surface area contributed by atoms with Crippen LogP contribution in [-0.2, 0) is 0 Å². The summed E-state index contributed by atoms with van der Waals surface area (Å²) in [5.74, 6) is 0.177. The van der Waals surface area contributed by atoms with Gasteiger partial charge in [0.05, 0.1) is 23.3 Å². The lowest BCUT2D eigenvalue weighted by Gasteiger charge is -2.36. The molecule has 3 heterocycles. The van der Waals surface area contributed by atoms with E-state index in [-0.39, 0.29) is 17.9 Å². The van der Waals surface area contributed by atoms with Crippen molar-refractivity contribution in [2.24, 2.45) is 0 Å². The van der Waals surface area contributed by atoms with Crippen molar-refractivity contribution in [3.05, 3.63) is 23.5 Å². The monoisotopic (exact) mass is 302 g/mol. The fourth-order valence-corrected chi connectivity index (χ4v) is 2.68. The number of amides is 1. The molecule has 1 aliphatic rings. The van der Waals surface area contributed by atoms with Gasteiger partial charge in [-0.1, -0.05) is 13.8 Å². The summed E-state index contributed by atoms with van der Waals surface area (Å²) in [5.41, 5.74) is 2.28. The van der Waals surface area contributed by atoms with E-state index in [0.29, 0.717) is 18.7 Å². The van der Waals surface area contributed by atoms with Gasteiger partial charge in [0.15, 0.2) is 5.65 Å². The molecule has 6 nitrogen and oxygen atoms in total. The second kappa shape index (κ2) is 5.35. The van der Waals surface area contributed by atoms with Crippen molar-refractivity contribution >= 4 is 16.9 Å². The number of hydrogen-bond donors (Lipinski definition) is 1. The lowest BCUT2D eigenvalue weighted by Crippen LogP contribution is -2.53. The van der Waals surface area contributed by atoms with E-state index in [1.165, 1.54) is 0 Å². The van der Waals surface area contributed by atoms with E-state index in [1.807, 2.05) is 24.6 Å².